The van der Waals surface area contributed by atoms with Crippen LogP contribution < -0.4 is 5.32 Å². The van der Waals surface area contributed by atoms with Crippen LogP contribution in [0, 0.1) is 5.92 Å². The number of amides is 3. The largest absolute Gasteiger partial charge is 0.465 e. The van der Waals surface area contributed by atoms with E-state index in [0.29, 0.717) is 18.1 Å². The molecule has 228 valence electrons. The summed E-state index contributed by atoms with van der Waals surface area (Å²) in [5.41, 5.74) is 1.51. The SMILES string of the molecule is CCOP(=O)(C[C@H](NC(=O)c1cc([C@H]2C[C@@H]2COC)nc(-c2ccccc2)n1)C(=O)N1CCN(C(=O)O)CC1)OCC. The number of nitrogens with one attached hydrogen (secondary N) is 1. The van der Waals surface area contributed by atoms with Crippen LogP contribution in [-0.4, -0.2) is 108 Å². The molecule has 2 aliphatic rings. The Kier molecular flexibility index (Phi) is 10.7. The molecule has 1 aromatic carbocycles. The van der Waals surface area contributed by atoms with Gasteiger partial charge in [0.05, 0.1) is 19.4 Å². The molecular formula is C28H38N5O8P. The number of aromatic nitrogens is 2. The van der Waals surface area contributed by atoms with Crippen LogP contribution in [0.15, 0.2) is 36.4 Å². The Balaban J connectivity index is 1.62. The highest BCUT2D eigenvalue weighted by atomic mass is 31.2. The lowest BCUT2D eigenvalue weighted by Crippen LogP contribution is -2.56. The van der Waals surface area contributed by atoms with E-state index in [2.05, 4.69) is 10.3 Å². The summed E-state index contributed by atoms with van der Waals surface area (Å²) in [7, 11) is -2.11. The number of piperazine rings is 1. The zero-order valence-electron chi connectivity index (χ0n) is 24.1. The molecule has 2 aromatic rings. The Morgan fingerprint density at radius 3 is 2.29 bits per heavy atom. The van der Waals surface area contributed by atoms with Crippen molar-refractivity contribution in [2.75, 3.05) is 59.3 Å². The molecular weight excluding hydrogens is 565 g/mol. The maximum absolute atomic E-state index is 13.7. The van der Waals surface area contributed by atoms with E-state index in [0.717, 1.165) is 12.0 Å². The van der Waals surface area contributed by atoms with Gasteiger partial charge in [0, 0.05) is 57.1 Å². The van der Waals surface area contributed by atoms with Gasteiger partial charge in [0.15, 0.2) is 5.82 Å². The van der Waals surface area contributed by atoms with E-state index in [1.165, 1.54) is 9.80 Å². The standard InChI is InChI=1S/C28H38N5O8P/c1-4-40-42(38,41-5-2)18-24(27(35)32-11-13-33(14-12-32)28(36)37)31-26(34)23-16-22(21-15-20(21)17-39-3)29-25(30-23)19-9-7-6-8-10-19/h6-10,16,20-21,24H,4-5,11-15,17-18H2,1-3H3,(H,31,34)(H,36,37)/t20-,21+,24+/m1/s1. The quantitative estimate of drug-likeness (QED) is 0.326. The van der Waals surface area contributed by atoms with Crippen molar-refractivity contribution in [2.45, 2.75) is 32.2 Å². The van der Waals surface area contributed by atoms with E-state index in [1.807, 2.05) is 30.3 Å². The van der Waals surface area contributed by atoms with Crippen LogP contribution in [0.4, 0.5) is 4.79 Å². The zero-order chi connectivity index (χ0) is 30.3. The van der Waals surface area contributed by atoms with Crippen LogP contribution in [0.5, 0.6) is 0 Å². The van der Waals surface area contributed by atoms with Gasteiger partial charge < -0.3 is 34.0 Å². The van der Waals surface area contributed by atoms with Gasteiger partial charge in [-0.2, -0.15) is 0 Å². The Morgan fingerprint density at radius 2 is 1.69 bits per heavy atom. The van der Waals surface area contributed by atoms with Crippen molar-refractivity contribution in [1.82, 2.24) is 25.1 Å². The van der Waals surface area contributed by atoms with Crippen molar-refractivity contribution >= 4 is 25.5 Å². The first-order chi connectivity index (χ1) is 20.2. The normalized spacial score (nSPS) is 19.3. The number of carboxylic acid groups (broad SMARTS) is 1. The van der Waals surface area contributed by atoms with Crippen molar-refractivity contribution in [3.05, 3.63) is 47.8 Å². The van der Waals surface area contributed by atoms with Crippen molar-refractivity contribution in [1.29, 1.82) is 0 Å². The molecule has 3 amide bonds. The van der Waals surface area contributed by atoms with Crippen molar-refractivity contribution in [2.24, 2.45) is 5.92 Å². The molecule has 2 N–H and O–H groups in total. The smallest absolute Gasteiger partial charge is 0.407 e. The van der Waals surface area contributed by atoms with E-state index in [-0.39, 0.29) is 63.1 Å². The van der Waals surface area contributed by atoms with Gasteiger partial charge in [0.1, 0.15) is 11.7 Å². The summed E-state index contributed by atoms with van der Waals surface area (Å²) < 4.78 is 29.6. The summed E-state index contributed by atoms with van der Waals surface area (Å²) in [4.78, 5) is 50.7. The molecule has 1 saturated heterocycles. The molecule has 42 heavy (non-hydrogen) atoms. The Bertz CT molecular complexity index is 1290. The summed E-state index contributed by atoms with van der Waals surface area (Å²) in [6.07, 6.45) is -0.586. The molecule has 13 nitrogen and oxygen atoms in total. The van der Waals surface area contributed by atoms with Crippen LogP contribution in [0.3, 0.4) is 0 Å². The highest BCUT2D eigenvalue weighted by Gasteiger charge is 2.41. The Morgan fingerprint density at radius 1 is 1.05 bits per heavy atom. The molecule has 2 heterocycles. The van der Waals surface area contributed by atoms with E-state index in [1.54, 1.807) is 27.0 Å². The lowest BCUT2D eigenvalue weighted by molar-refractivity contribution is -0.134. The van der Waals surface area contributed by atoms with Crippen LogP contribution in [0.2, 0.25) is 0 Å². The van der Waals surface area contributed by atoms with Gasteiger partial charge in [-0.15, -0.1) is 0 Å². The topological polar surface area (TPSA) is 160 Å². The lowest BCUT2D eigenvalue weighted by Gasteiger charge is -2.35. The second kappa shape index (κ2) is 14.2. The van der Waals surface area contributed by atoms with Gasteiger partial charge >= 0.3 is 13.7 Å². The van der Waals surface area contributed by atoms with Crippen molar-refractivity contribution in [3.63, 3.8) is 0 Å². The monoisotopic (exact) mass is 603 g/mol. The second-order valence-corrected chi connectivity index (χ2v) is 12.3. The molecule has 14 heteroatoms. The predicted octanol–water partition coefficient (Wildman–Crippen LogP) is 3.08. The number of methoxy groups -OCH3 is 1. The minimum absolute atomic E-state index is 0.0677. The molecule has 0 spiro atoms. The van der Waals surface area contributed by atoms with Gasteiger partial charge in [-0.25, -0.2) is 14.8 Å². The number of hydrogen-bond donors (Lipinski definition) is 2. The van der Waals surface area contributed by atoms with E-state index < -0.39 is 31.5 Å². The maximum Gasteiger partial charge on any atom is 0.407 e. The first-order valence-corrected chi connectivity index (χ1v) is 15.8. The fourth-order valence-electron chi connectivity index (χ4n) is 5.01. The maximum atomic E-state index is 13.7. The minimum atomic E-state index is -3.76. The van der Waals surface area contributed by atoms with Crippen LogP contribution in [0.1, 0.15) is 42.4 Å². The van der Waals surface area contributed by atoms with Crippen LogP contribution >= 0.6 is 7.60 Å². The molecule has 1 saturated carbocycles. The number of carbonyl (C=O) groups excluding carboxylic acids is 2. The number of nitrogens with zero attached hydrogens (tertiary/aromatic N) is 4. The van der Waals surface area contributed by atoms with Gasteiger partial charge in [-0.1, -0.05) is 30.3 Å². The summed E-state index contributed by atoms with van der Waals surface area (Å²) >= 11 is 0. The van der Waals surface area contributed by atoms with Crippen molar-refractivity contribution < 1.29 is 37.8 Å². The fraction of sp³-hybridized carbons (Fsp3) is 0.536. The molecule has 1 aromatic heterocycles. The predicted molar refractivity (Wildman–Crippen MR) is 153 cm³/mol. The minimum Gasteiger partial charge on any atom is -0.465 e. The average Bonchev–Trinajstić information content (AvgIpc) is 3.76. The number of benzene rings is 1. The fourth-order valence-corrected chi connectivity index (χ4v) is 6.78. The first-order valence-electron chi connectivity index (χ1n) is 14.1. The van der Waals surface area contributed by atoms with E-state index in [9.17, 15) is 24.1 Å². The van der Waals surface area contributed by atoms with Gasteiger partial charge in [-0.3, -0.25) is 14.2 Å². The molecule has 4 rings (SSSR count). The number of hydrogen-bond acceptors (Lipinski definition) is 9. The van der Waals surface area contributed by atoms with Crippen LogP contribution in [-0.2, 0) is 23.1 Å². The summed E-state index contributed by atoms with van der Waals surface area (Å²) in [5, 5.41) is 12.0. The number of rotatable bonds is 13. The molecule has 3 atom stereocenters. The third-order valence-electron chi connectivity index (χ3n) is 7.22. The second-order valence-electron chi connectivity index (χ2n) is 10.2. The zero-order valence-corrected chi connectivity index (χ0v) is 25.0. The summed E-state index contributed by atoms with van der Waals surface area (Å²) in [6.45, 7) is 4.57. The Labute approximate surface area is 245 Å². The highest BCUT2D eigenvalue weighted by molar-refractivity contribution is 7.54. The van der Waals surface area contributed by atoms with Gasteiger partial charge in [0.2, 0.25) is 5.91 Å². The summed E-state index contributed by atoms with van der Waals surface area (Å²) in [5.74, 6) is -0.370. The van der Waals surface area contributed by atoms with E-state index in [4.69, 9.17) is 18.8 Å². The van der Waals surface area contributed by atoms with Gasteiger partial charge in [0.25, 0.3) is 5.91 Å². The van der Waals surface area contributed by atoms with Crippen LogP contribution in [0.25, 0.3) is 11.4 Å². The number of ether oxygens (including phenoxy) is 1. The molecule has 0 radical (unpaired) electrons. The highest BCUT2D eigenvalue weighted by Crippen LogP contribution is 2.49. The lowest BCUT2D eigenvalue weighted by atomic mass is 10.1. The number of carbonyl (C=O) groups is 3. The molecule has 0 bridgehead atoms. The van der Waals surface area contributed by atoms with E-state index >= 15 is 0 Å². The average molecular weight is 604 g/mol. The molecule has 1 aliphatic carbocycles. The van der Waals surface area contributed by atoms with Crippen molar-refractivity contribution in [3.8, 4) is 11.4 Å². The molecule has 2 fully saturated rings. The summed E-state index contributed by atoms with van der Waals surface area (Å²) in [6, 6.07) is 9.64. The molecule has 1 aliphatic heterocycles. The van der Waals surface area contributed by atoms with Gasteiger partial charge in [-0.05, 0) is 32.3 Å². The first kappa shape index (κ1) is 31.6. The molecule has 0 unspecified atom stereocenters. The Hall–Kier alpha value is -3.38. The third kappa shape index (κ3) is 7.91. The third-order valence-corrected chi connectivity index (χ3v) is 9.33.